The Morgan fingerprint density at radius 3 is 2.12 bits per heavy atom. The van der Waals surface area contributed by atoms with Crippen LogP contribution in [0.25, 0.3) is 104 Å². The van der Waals surface area contributed by atoms with Crippen molar-refractivity contribution < 1.29 is 4.42 Å². The molecule has 0 saturated carbocycles. The standard InChI is InChI=1S/C54H35N3O/c1-2-15-33-30-34(29-28-32(33)14-1)51-42-21-7-10-25-46(42)55-54(56-51)57-47-26-11-8-22-43(47)50-49-38-19-5-3-16-35(38)44(31-45(49)36-17-4-6-20-39(36)52(50)57)41-24-13-23-40-37-18-9-12-27-48(37)58-53(40)41/h1-31,46,54-56H. The van der Waals surface area contributed by atoms with Gasteiger partial charge in [-0.05, 0) is 73.3 Å². The molecule has 0 spiro atoms. The van der Waals surface area contributed by atoms with Crippen molar-refractivity contribution in [1.29, 1.82) is 0 Å². The van der Waals surface area contributed by atoms with Crippen LogP contribution in [-0.2, 0) is 0 Å². The molecule has 272 valence electrons. The van der Waals surface area contributed by atoms with Crippen LogP contribution in [0, 0.1) is 0 Å². The maximum atomic E-state index is 6.65. The van der Waals surface area contributed by atoms with Crippen molar-refractivity contribution in [2.75, 3.05) is 0 Å². The van der Waals surface area contributed by atoms with E-state index >= 15 is 0 Å². The van der Waals surface area contributed by atoms with Gasteiger partial charge in [-0.1, -0.05) is 164 Å². The number of hydrogen-bond acceptors (Lipinski definition) is 3. The normalized spacial score (nSPS) is 16.8. The van der Waals surface area contributed by atoms with Gasteiger partial charge in [0, 0.05) is 43.6 Å². The van der Waals surface area contributed by atoms with Crippen LogP contribution in [0.4, 0.5) is 0 Å². The summed E-state index contributed by atoms with van der Waals surface area (Å²) in [7, 11) is 0. The summed E-state index contributed by atoms with van der Waals surface area (Å²) in [6, 6.07) is 59.6. The zero-order valence-corrected chi connectivity index (χ0v) is 31.4. The number of rotatable bonds is 3. The van der Waals surface area contributed by atoms with E-state index in [0.29, 0.717) is 0 Å². The lowest BCUT2D eigenvalue weighted by Crippen LogP contribution is -2.48. The highest BCUT2D eigenvalue weighted by Crippen LogP contribution is 2.48. The first-order valence-electron chi connectivity index (χ1n) is 20.1. The van der Waals surface area contributed by atoms with E-state index in [1.807, 2.05) is 6.07 Å². The van der Waals surface area contributed by atoms with E-state index in [4.69, 9.17) is 4.42 Å². The Morgan fingerprint density at radius 2 is 1.22 bits per heavy atom. The molecule has 2 aliphatic rings. The van der Waals surface area contributed by atoms with E-state index in [9.17, 15) is 0 Å². The number of hydrogen-bond donors (Lipinski definition) is 2. The highest BCUT2D eigenvalue weighted by Gasteiger charge is 2.31. The first-order chi connectivity index (χ1) is 28.8. The van der Waals surface area contributed by atoms with E-state index in [1.54, 1.807) is 0 Å². The molecule has 2 unspecified atom stereocenters. The summed E-state index contributed by atoms with van der Waals surface area (Å²) >= 11 is 0. The Kier molecular flexibility index (Phi) is 6.60. The molecular formula is C54H35N3O. The number of benzene rings is 9. The highest BCUT2D eigenvalue weighted by molar-refractivity contribution is 6.38. The van der Waals surface area contributed by atoms with Crippen LogP contribution in [0.1, 0.15) is 11.9 Å². The predicted molar refractivity (Wildman–Crippen MR) is 243 cm³/mol. The summed E-state index contributed by atoms with van der Waals surface area (Å²) in [5, 5.41) is 22.7. The second-order valence-corrected chi connectivity index (χ2v) is 15.7. The van der Waals surface area contributed by atoms with Gasteiger partial charge in [0.25, 0.3) is 0 Å². The van der Waals surface area contributed by atoms with Gasteiger partial charge in [-0.3, -0.25) is 5.32 Å². The quantitative estimate of drug-likeness (QED) is 0.177. The van der Waals surface area contributed by atoms with Crippen LogP contribution in [-0.4, -0.2) is 10.6 Å². The Hall–Kier alpha value is -7.40. The van der Waals surface area contributed by atoms with Gasteiger partial charge in [-0.2, -0.15) is 0 Å². The molecule has 3 heterocycles. The lowest BCUT2D eigenvalue weighted by atomic mass is 9.88. The molecule has 9 aromatic carbocycles. The van der Waals surface area contributed by atoms with Crippen LogP contribution in [0.15, 0.2) is 198 Å². The molecule has 0 fully saturated rings. The van der Waals surface area contributed by atoms with Crippen LogP contribution in [0.5, 0.6) is 0 Å². The molecular weight excluding hydrogens is 707 g/mol. The van der Waals surface area contributed by atoms with Crippen molar-refractivity contribution >= 4 is 92.5 Å². The smallest absolute Gasteiger partial charge is 0.160 e. The summed E-state index contributed by atoms with van der Waals surface area (Å²) in [6.45, 7) is 0. The number of para-hydroxylation sites is 3. The van der Waals surface area contributed by atoms with E-state index in [1.165, 1.54) is 81.6 Å². The number of aromatic nitrogens is 1. The Labute approximate surface area is 333 Å². The van der Waals surface area contributed by atoms with E-state index in [-0.39, 0.29) is 12.3 Å². The van der Waals surface area contributed by atoms with Gasteiger partial charge in [0.15, 0.2) is 6.29 Å². The predicted octanol–water partition coefficient (Wildman–Crippen LogP) is 13.5. The van der Waals surface area contributed by atoms with Crippen molar-refractivity contribution in [3.63, 3.8) is 0 Å². The van der Waals surface area contributed by atoms with Crippen molar-refractivity contribution in [1.82, 2.24) is 15.2 Å². The summed E-state index contributed by atoms with van der Waals surface area (Å²) in [6.07, 6.45) is 8.58. The molecule has 13 rings (SSSR count). The highest BCUT2D eigenvalue weighted by atomic mass is 16.3. The molecule has 1 aliphatic heterocycles. The maximum Gasteiger partial charge on any atom is 0.160 e. The number of nitrogens with zero attached hydrogens (tertiary/aromatic N) is 1. The van der Waals surface area contributed by atoms with E-state index in [0.717, 1.165) is 33.2 Å². The molecule has 0 amide bonds. The lowest BCUT2D eigenvalue weighted by Gasteiger charge is -2.37. The third-order valence-electron chi connectivity index (χ3n) is 12.6. The Bertz CT molecular complexity index is 3650. The fourth-order valence-electron chi connectivity index (χ4n) is 10.1. The van der Waals surface area contributed by atoms with Crippen molar-refractivity contribution in [2.24, 2.45) is 0 Å². The first-order valence-corrected chi connectivity index (χ1v) is 20.1. The molecule has 58 heavy (non-hydrogen) atoms. The Morgan fingerprint density at radius 1 is 0.500 bits per heavy atom. The average molecular weight is 742 g/mol. The fourth-order valence-corrected chi connectivity index (χ4v) is 10.1. The minimum absolute atomic E-state index is 0.0324. The second kappa shape index (κ2) is 12.1. The largest absolute Gasteiger partial charge is 0.455 e. The van der Waals surface area contributed by atoms with Gasteiger partial charge in [0.05, 0.1) is 17.1 Å². The summed E-state index contributed by atoms with van der Waals surface area (Å²) in [5.74, 6) is 0. The monoisotopic (exact) mass is 741 g/mol. The van der Waals surface area contributed by atoms with Crippen molar-refractivity contribution in [3.05, 3.63) is 199 Å². The maximum absolute atomic E-state index is 6.65. The molecule has 0 bridgehead atoms. The summed E-state index contributed by atoms with van der Waals surface area (Å²) < 4.78 is 9.18. The minimum Gasteiger partial charge on any atom is -0.455 e. The zero-order chi connectivity index (χ0) is 37.9. The third kappa shape index (κ3) is 4.43. The molecule has 0 saturated heterocycles. The average Bonchev–Trinajstić information content (AvgIpc) is 3.85. The van der Waals surface area contributed by atoms with Crippen molar-refractivity contribution in [3.8, 4) is 11.1 Å². The number of nitrogens with one attached hydrogen (secondary N) is 2. The topological polar surface area (TPSA) is 42.1 Å². The van der Waals surface area contributed by atoms with E-state index in [2.05, 4.69) is 197 Å². The van der Waals surface area contributed by atoms with Gasteiger partial charge in [0.2, 0.25) is 0 Å². The van der Waals surface area contributed by atoms with Gasteiger partial charge in [-0.25, -0.2) is 0 Å². The number of furan rings is 1. The van der Waals surface area contributed by atoms with Crippen LogP contribution >= 0.6 is 0 Å². The molecule has 2 atom stereocenters. The minimum atomic E-state index is -0.245. The molecule has 1 aliphatic carbocycles. The van der Waals surface area contributed by atoms with Crippen LogP contribution < -0.4 is 10.6 Å². The summed E-state index contributed by atoms with van der Waals surface area (Å²) in [5.41, 5.74) is 10.1. The second-order valence-electron chi connectivity index (χ2n) is 15.7. The van der Waals surface area contributed by atoms with Gasteiger partial charge in [0.1, 0.15) is 11.2 Å². The molecule has 4 heteroatoms. The molecule has 0 radical (unpaired) electrons. The van der Waals surface area contributed by atoms with Crippen molar-refractivity contribution in [2.45, 2.75) is 12.3 Å². The SMILES string of the molecule is C1=CC2=C(c3ccc4ccccc4c3)NC(n3c4ccccc4c4c5c6ccccc6c(-c6cccc7c6oc6ccccc67)cc5c5ccccc5c43)NC2C=C1. The first kappa shape index (κ1) is 31.8. The third-order valence-corrected chi connectivity index (χ3v) is 12.6. The summed E-state index contributed by atoms with van der Waals surface area (Å²) in [4.78, 5) is 0. The molecule has 4 nitrogen and oxygen atoms in total. The van der Waals surface area contributed by atoms with Gasteiger partial charge >= 0.3 is 0 Å². The molecule has 11 aromatic rings. The zero-order valence-electron chi connectivity index (χ0n) is 31.4. The fraction of sp³-hybridized carbons (Fsp3) is 0.0370. The van der Waals surface area contributed by atoms with E-state index < -0.39 is 0 Å². The molecule has 2 N–H and O–H groups in total. The number of allylic oxidation sites excluding steroid dienone is 2. The molecule has 2 aromatic heterocycles. The van der Waals surface area contributed by atoms with Gasteiger partial charge < -0.3 is 14.3 Å². The Balaban J connectivity index is 1.11. The van der Waals surface area contributed by atoms with Crippen LogP contribution in [0.3, 0.4) is 0 Å². The lowest BCUT2D eigenvalue weighted by molar-refractivity contribution is 0.363. The van der Waals surface area contributed by atoms with Crippen LogP contribution in [0.2, 0.25) is 0 Å². The van der Waals surface area contributed by atoms with Gasteiger partial charge in [-0.15, -0.1) is 0 Å². The number of fused-ring (bicyclic) bond motifs is 15.